The lowest BCUT2D eigenvalue weighted by Crippen LogP contribution is -2.17. The molecule has 2 N–H and O–H groups in total. The largest absolute Gasteiger partial charge is 0.491 e. The molecule has 184 valence electrons. The van der Waals surface area contributed by atoms with E-state index < -0.39 is 0 Å². The molecular formula is C29H38O5. The first kappa shape index (κ1) is 27.4. The average molecular weight is 467 g/mol. The summed E-state index contributed by atoms with van der Waals surface area (Å²) in [5, 5.41) is 17.4. The summed E-state index contributed by atoms with van der Waals surface area (Å²) in [4.78, 5) is 0. The van der Waals surface area contributed by atoms with Crippen molar-refractivity contribution in [3.8, 4) is 11.5 Å². The first-order valence-electron chi connectivity index (χ1n) is 11.8. The minimum absolute atomic E-state index is 0.0452. The van der Waals surface area contributed by atoms with Gasteiger partial charge in [0.25, 0.3) is 0 Å². The number of rotatable bonds is 12. The van der Waals surface area contributed by atoms with E-state index in [2.05, 4.69) is 49.4 Å². The molecule has 5 nitrogen and oxygen atoms in total. The van der Waals surface area contributed by atoms with E-state index in [1.807, 2.05) is 44.2 Å². The zero-order valence-corrected chi connectivity index (χ0v) is 20.6. The summed E-state index contributed by atoms with van der Waals surface area (Å²) in [7, 11) is 0. The van der Waals surface area contributed by atoms with E-state index >= 15 is 0 Å². The van der Waals surface area contributed by atoms with Crippen LogP contribution in [0.5, 0.6) is 11.5 Å². The van der Waals surface area contributed by atoms with Crippen molar-refractivity contribution < 1.29 is 24.4 Å². The van der Waals surface area contributed by atoms with Gasteiger partial charge in [-0.2, -0.15) is 0 Å². The van der Waals surface area contributed by atoms with Gasteiger partial charge in [-0.15, -0.1) is 0 Å². The Morgan fingerprint density at radius 1 is 0.735 bits per heavy atom. The highest BCUT2D eigenvalue weighted by atomic mass is 16.5. The Labute approximate surface area is 203 Å². The molecule has 3 rings (SSSR count). The van der Waals surface area contributed by atoms with Gasteiger partial charge in [0.2, 0.25) is 0 Å². The predicted octanol–water partition coefficient (Wildman–Crippen LogP) is 4.92. The van der Waals surface area contributed by atoms with Gasteiger partial charge in [0.05, 0.1) is 25.9 Å². The van der Waals surface area contributed by atoms with Gasteiger partial charge in [0, 0.05) is 0 Å². The third-order valence-electron chi connectivity index (χ3n) is 5.16. The number of benzene rings is 3. The highest BCUT2D eigenvalue weighted by Crippen LogP contribution is 2.18. The summed E-state index contributed by atoms with van der Waals surface area (Å²) in [5.74, 6) is 1.71. The number of aliphatic hydroxyl groups excluding tert-OH is 2. The molecule has 1 atom stereocenters. The lowest BCUT2D eigenvalue weighted by atomic mass is 10.0. The maximum Gasteiger partial charge on any atom is 0.122 e. The van der Waals surface area contributed by atoms with Crippen LogP contribution in [0.1, 0.15) is 29.2 Å². The van der Waals surface area contributed by atoms with E-state index in [0.717, 1.165) is 29.9 Å². The Morgan fingerprint density at radius 3 is 2.03 bits per heavy atom. The van der Waals surface area contributed by atoms with Crippen LogP contribution in [-0.2, 0) is 17.6 Å². The second-order valence-corrected chi connectivity index (χ2v) is 8.18. The van der Waals surface area contributed by atoms with Crippen molar-refractivity contribution >= 4 is 0 Å². The molecule has 3 aromatic rings. The molecule has 0 radical (unpaired) electrons. The number of hydrogen-bond donors (Lipinski definition) is 2. The molecule has 0 heterocycles. The molecule has 0 aromatic heterocycles. The van der Waals surface area contributed by atoms with Gasteiger partial charge in [-0.1, -0.05) is 60.2 Å². The van der Waals surface area contributed by atoms with E-state index in [9.17, 15) is 0 Å². The fourth-order valence-corrected chi connectivity index (χ4v) is 3.26. The number of ether oxygens (including phenoxy) is 3. The van der Waals surface area contributed by atoms with E-state index in [-0.39, 0.29) is 19.3 Å². The van der Waals surface area contributed by atoms with Crippen molar-refractivity contribution in [1.82, 2.24) is 0 Å². The summed E-state index contributed by atoms with van der Waals surface area (Å²) in [6.07, 6.45) is 1.96. The fraction of sp³-hybridized carbons (Fsp3) is 0.379. The van der Waals surface area contributed by atoms with Gasteiger partial charge < -0.3 is 24.4 Å². The van der Waals surface area contributed by atoms with Crippen molar-refractivity contribution in [2.45, 2.75) is 39.7 Å². The molecule has 0 aliphatic rings. The Morgan fingerprint density at radius 2 is 1.41 bits per heavy atom. The third-order valence-corrected chi connectivity index (χ3v) is 5.16. The molecule has 0 bridgehead atoms. The van der Waals surface area contributed by atoms with Crippen LogP contribution in [0.15, 0.2) is 72.8 Å². The van der Waals surface area contributed by atoms with Crippen LogP contribution < -0.4 is 9.47 Å². The van der Waals surface area contributed by atoms with Crippen LogP contribution in [0.25, 0.3) is 0 Å². The minimum atomic E-state index is -0.122. The van der Waals surface area contributed by atoms with Gasteiger partial charge in [-0.05, 0) is 68.5 Å². The zero-order chi connectivity index (χ0) is 24.6. The number of aryl methyl sites for hydroxylation is 4. The van der Waals surface area contributed by atoms with Crippen molar-refractivity contribution in [2.24, 2.45) is 0 Å². The summed E-state index contributed by atoms with van der Waals surface area (Å²) < 4.78 is 16.2. The molecule has 0 fully saturated rings. The molecule has 0 saturated carbocycles. The zero-order valence-electron chi connectivity index (χ0n) is 20.6. The minimum Gasteiger partial charge on any atom is -0.491 e. The maximum absolute atomic E-state index is 8.76. The predicted molar refractivity (Wildman–Crippen MR) is 137 cm³/mol. The highest BCUT2D eigenvalue weighted by Gasteiger charge is 2.02. The maximum atomic E-state index is 8.76. The van der Waals surface area contributed by atoms with Crippen molar-refractivity contribution in [3.63, 3.8) is 0 Å². The monoisotopic (exact) mass is 466 g/mol. The van der Waals surface area contributed by atoms with Crippen LogP contribution in [0.2, 0.25) is 0 Å². The highest BCUT2D eigenvalue weighted by molar-refractivity contribution is 5.35. The quantitative estimate of drug-likeness (QED) is 0.371. The van der Waals surface area contributed by atoms with Crippen molar-refractivity contribution in [1.29, 1.82) is 0 Å². The third kappa shape index (κ3) is 10.8. The van der Waals surface area contributed by atoms with Crippen LogP contribution in [0.4, 0.5) is 0 Å². The molecule has 0 spiro atoms. The Kier molecular flexibility index (Phi) is 12.8. The second-order valence-electron chi connectivity index (χ2n) is 8.18. The molecule has 0 aliphatic carbocycles. The van der Waals surface area contributed by atoms with Crippen LogP contribution in [0.3, 0.4) is 0 Å². The Hall–Kier alpha value is -2.86. The van der Waals surface area contributed by atoms with E-state index in [1.165, 1.54) is 16.7 Å². The van der Waals surface area contributed by atoms with Gasteiger partial charge >= 0.3 is 0 Å². The molecule has 34 heavy (non-hydrogen) atoms. The SMILES string of the molecule is Cc1ccc(OCCOC(C)CO)c(C)c1.OCCOc1ccc(CCc2ccccc2)cc1. The standard InChI is InChI=1S/C16H18O2.C13H20O3/c17-12-13-18-16-10-8-15(9-11-16)7-6-14-4-2-1-3-5-14;1-10-4-5-13(11(2)8-10)16-7-6-15-12(3)9-14/h1-5,8-11,17H,6-7,12-13H2;4-5,8,12,14H,6-7,9H2,1-3H3. The summed E-state index contributed by atoms with van der Waals surface area (Å²) in [6.45, 7) is 7.37. The van der Waals surface area contributed by atoms with Crippen LogP contribution in [0, 0.1) is 13.8 Å². The summed E-state index contributed by atoms with van der Waals surface area (Å²) in [6, 6.07) is 24.6. The van der Waals surface area contributed by atoms with Crippen molar-refractivity contribution in [2.75, 3.05) is 33.0 Å². The van der Waals surface area contributed by atoms with Crippen LogP contribution >= 0.6 is 0 Å². The molecule has 0 amide bonds. The number of aliphatic hydroxyl groups is 2. The van der Waals surface area contributed by atoms with E-state index in [4.69, 9.17) is 24.4 Å². The molecular weight excluding hydrogens is 428 g/mol. The molecule has 3 aromatic carbocycles. The summed E-state index contributed by atoms with van der Waals surface area (Å²) in [5.41, 5.74) is 5.03. The smallest absolute Gasteiger partial charge is 0.122 e. The fourth-order valence-electron chi connectivity index (χ4n) is 3.26. The van der Waals surface area contributed by atoms with Gasteiger partial charge in [-0.25, -0.2) is 0 Å². The van der Waals surface area contributed by atoms with Gasteiger partial charge in [-0.3, -0.25) is 0 Å². The average Bonchev–Trinajstić information content (AvgIpc) is 2.86. The molecule has 0 aliphatic heterocycles. The summed E-state index contributed by atoms with van der Waals surface area (Å²) >= 11 is 0. The second kappa shape index (κ2) is 15.9. The van der Waals surface area contributed by atoms with E-state index in [0.29, 0.717) is 19.8 Å². The van der Waals surface area contributed by atoms with Gasteiger partial charge in [0.1, 0.15) is 24.7 Å². The number of hydrogen-bond acceptors (Lipinski definition) is 5. The van der Waals surface area contributed by atoms with E-state index in [1.54, 1.807) is 0 Å². The lowest BCUT2D eigenvalue weighted by molar-refractivity contribution is 0.0110. The van der Waals surface area contributed by atoms with Crippen molar-refractivity contribution in [3.05, 3.63) is 95.1 Å². The first-order valence-corrected chi connectivity index (χ1v) is 11.8. The topological polar surface area (TPSA) is 68.2 Å². The van der Waals surface area contributed by atoms with Crippen LogP contribution in [-0.4, -0.2) is 49.4 Å². The molecule has 1 unspecified atom stereocenters. The van der Waals surface area contributed by atoms with Gasteiger partial charge in [0.15, 0.2) is 0 Å². The Balaban J connectivity index is 0.000000242. The first-order chi connectivity index (χ1) is 16.5. The molecule has 0 saturated heterocycles. The Bertz CT molecular complexity index is 925. The molecule has 5 heteroatoms. The lowest BCUT2D eigenvalue weighted by Gasteiger charge is -2.12. The normalized spacial score (nSPS) is 11.3.